The number of rotatable bonds is 7. The molecule has 2 unspecified atom stereocenters. The maximum Gasteiger partial charge on any atom is 0.120 e. The Morgan fingerprint density at radius 1 is 1.41 bits per heavy atom. The molecule has 0 aromatic heterocycles. The highest BCUT2D eigenvalue weighted by Crippen LogP contribution is 2.16. The quantitative estimate of drug-likeness (QED) is 0.811. The average Bonchev–Trinajstić information content (AvgIpc) is 2.38. The first-order valence-corrected chi connectivity index (χ1v) is 7.29. The van der Waals surface area contributed by atoms with Crippen LogP contribution in [0.4, 0.5) is 0 Å². The Labute approximate surface area is 106 Å². The molecule has 96 valence electrons. The first-order valence-electron chi connectivity index (χ1n) is 5.97. The molecule has 0 fully saturated rings. The molecule has 3 nitrogen and oxygen atoms in total. The highest BCUT2D eigenvalue weighted by molar-refractivity contribution is 7.85. The van der Waals surface area contributed by atoms with Crippen molar-refractivity contribution < 1.29 is 8.95 Å². The summed E-state index contributed by atoms with van der Waals surface area (Å²) < 4.78 is 17.3. The van der Waals surface area contributed by atoms with Gasteiger partial charge >= 0.3 is 0 Å². The second-order valence-corrected chi connectivity index (χ2v) is 5.35. The van der Waals surface area contributed by atoms with E-state index < -0.39 is 10.8 Å². The summed E-state index contributed by atoms with van der Waals surface area (Å²) in [5.74, 6) is 1.41. The van der Waals surface area contributed by atoms with Crippen molar-refractivity contribution in [3.05, 3.63) is 24.3 Å². The molecule has 0 amide bonds. The van der Waals surface area contributed by atoms with Crippen molar-refractivity contribution in [3.63, 3.8) is 0 Å². The topological polar surface area (TPSA) is 38.3 Å². The largest absolute Gasteiger partial charge is 0.497 e. The third-order valence-electron chi connectivity index (χ3n) is 2.64. The van der Waals surface area contributed by atoms with Crippen LogP contribution < -0.4 is 10.1 Å². The molecule has 0 spiro atoms. The number of nitrogens with one attached hydrogen (secondary N) is 1. The molecule has 1 aromatic rings. The van der Waals surface area contributed by atoms with E-state index in [0.717, 1.165) is 23.6 Å². The van der Waals surface area contributed by atoms with Crippen LogP contribution in [0, 0.1) is 0 Å². The van der Waals surface area contributed by atoms with E-state index in [0.29, 0.717) is 11.8 Å². The van der Waals surface area contributed by atoms with Crippen molar-refractivity contribution in [1.82, 2.24) is 5.32 Å². The number of benzene rings is 1. The van der Waals surface area contributed by atoms with Crippen molar-refractivity contribution in [3.8, 4) is 5.75 Å². The number of methoxy groups -OCH3 is 1. The number of hydrogen-bond acceptors (Lipinski definition) is 3. The van der Waals surface area contributed by atoms with Crippen molar-refractivity contribution >= 4 is 10.8 Å². The number of hydrogen-bond donors (Lipinski definition) is 1. The van der Waals surface area contributed by atoms with Gasteiger partial charge in [-0.05, 0) is 31.2 Å². The van der Waals surface area contributed by atoms with E-state index in [1.807, 2.05) is 24.3 Å². The van der Waals surface area contributed by atoms with Gasteiger partial charge in [0.05, 0.1) is 17.9 Å². The van der Waals surface area contributed by atoms with Gasteiger partial charge in [-0.25, -0.2) is 0 Å². The zero-order chi connectivity index (χ0) is 12.7. The van der Waals surface area contributed by atoms with E-state index in [1.54, 1.807) is 7.11 Å². The summed E-state index contributed by atoms with van der Waals surface area (Å²) in [6, 6.07) is 7.78. The van der Waals surface area contributed by atoms with Gasteiger partial charge in [0.25, 0.3) is 0 Å². The molecule has 17 heavy (non-hydrogen) atoms. The highest BCUT2D eigenvalue weighted by Gasteiger charge is 2.11. The number of ether oxygens (including phenoxy) is 1. The molecule has 0 radical (unpaired) electrons. The summed E-state index contributed by atoms with van der Waals surface area (Å²) in [4.78, 5) is 0.834. The van der Waals surface area contributed by atoms with Gasteiger partial charge in [-0.2, -0.15) is 0 Å². The van der Waals surface area contributed by atoms with Crippen molar-refractivity contribution in [2.45, 2.75) is 31.2 Å². The highest BCUT2D eigenvalue weighted by atomic mass is 32.2. The fourth-order valence-corrected chi connectivity index (χ4v) is 3.02. The Kier molecular flexibility index (Phi) is 6.22. The summed E-state index contributed by atoms with van der Waals surface area (Å²) in [5, 5.41) is 3.34. The molecular formula is C13H21NO2S. The summed E-state index contributed by atoms with van der Waals surface area (Å²) in [6.07, 6.45) is 0.990. The Balaban J connectivity index is 2.68. The fraction of sp³-hybridized carbons (Fsp3) is 0.538. The summed E-state index contributed by atoms with van der Waals surface area (Å²) >= 11 is 0. The lowest BCUT2D eigenvalue weighted by Crippen LogP contribution is -2.33. The van der Waals surface area contributed by atoms with Crippen molar-refractivity contribution in [1.29, 1.82) is 0 Å². The second kappa shape index (κ2) is 7.45. The Morgan fingerprint density at radius 2 is 2.18 bits per heavy atom. The van der Waals surface area contributed by atoms with Crippen LogP contribution in [0.1, 0.15) is 20.3 Å². The summed E-state index contributed by atoms with van der Waals surface area (Å²) in [6.45, 7) is 5.08. The van der Waals surface area contributed by atoms with Crippen LogP contribution in [-0.2, 0) is 10.8 Å². The van der Waals surface area contributed by atoms with E-state index >= 15 is 0 Å². The fourth-order valence-electron chi connectivity index (χ4n) is 1.63. The maximum atomic E-state index is 12.2. The lowest BCUT2D eigenvalue weighted by atomic mass is 10.2. The van der Waals surface area contributed by atoms with Crippen molar-refractivity contribution in [2.75, 3.05) is 19.4 Å². The molecule has 1 rings (SSSR count). The van der Waals surface area contributed by atoms with Crippen LogP contribution >= 0.6 is 0 Å². The SMILES string of the molecule is CCNC(CC)CS(=O)c1cccc(OC)c1. The minimum absolute atomic E-state index is 0.312. The average molecular weight is 255 g/mol. The normalized spacial score (nSPS) is 14.3. The standard InChI is InChI=1S/C13H21NO2S/c1-4-11(14-5-2)10-17(15)13-8-6-7-12(9-13)16-3/h6-9,11,14H,4-5,10H2,1-3H3. The zero-order valence-electron chi connectivity index (χ0n) is 10.7. The van der Waals surface area contributed by atoms with E-state index in [1.165, 1.54) is 0 Å². The Hall–Kier alpha value is -0.870. The maximum absolute atomic E-state index is 12.2. The van der Waals surface area contributed by atoms with Crippen LogP contribution in [0.2, 0.25) is 0 Å². The summed E-state index contributed by atoms with van der Waals surface area (Å²) in [5.41, 5.74) is 0. The molecular weight excluding hydrogens is 234 g/mol. The molecule has 0 aliphatic heterocycles. The molecule has 0 saturated carbocycles. The van der Waals surface area contributed by atoms with Crippen LogP contribution in [0.3, 0.4) is 0 Å². The van der Waals surface area contributed by atoms with Crippen LogP contribution in [0.5, 0.6) is 5.75 Å². The molecule has 0 aliphatic carbocycles. The first-order chi connectivity index (χ1) is 8.21. The molecule has 1 aromatic carbocycles. The lowest BCUT2D eigenvalue weighted by molar-refractivity contribution is 0.413. The third kappa shape index (κ3) is 4.48. The molecule has 2 atom stereocenters. The van der Waals surface area contributed by atoms with Gasteiger partial charge in [0.1, 0.15) is 5.75 Å². The molecule has 0 heterocycles. The van der Waals surface area contributed by atoms with Crippen molar-refractivity contribution in [2.24, 2.45) is 0 Å². The minimum Gasteiger partial charge on any atom is -0.497 e. The van der Waals surface area contributed by atoms with Gasteiger partial charge < -0.3 is 10.1 Å². The van der Waals surface area contributed by atoms with E-state index in [9.17, 15) is 4.21 Å². The van der Waals surface area contributed by atoms with Crippen LogP contribution in [0.15, 0.2) is 29.2 Å². The minimum atomic E-state index is -0.969. The zero-order valence-corrected chi connectivity index (χ0v) is 11.5. The molecule has 4 heteroatoms. The van der Waals surface area contributed by atoms with E-state index in [-0.39, 0.29) is 0 Å². The van der Waals surface area contributed by atoms with Gasteiger partial charge in [-0.3, -0.25) is 4.21 Å². The van der Waals surface area contributed by atoms with Gasteiger partial charge in [0, 0.05) is 16.7 Å². The van der Waals surface area contributed by atoms with Gasteiger partial charge in [-0.1, -0.05) is 19.9 Å². The molecule has 0 bridgehead atoms. The molecule has 0 saturated heterocycles. The smallest absolute Gasteiger partial charge is 0.120 e. The van der Waals surface area contributed by atoms with E-state index in [2.05, 4.69) is 19.2 Å². The van der Waals surface area contributed by atoms with Gasteiger partial charge in [-0.15, -0.1) is 0 Å². The van der Waals surface area contributed by atoms with Gasteiger partial charge in [0.15, 0.2) is 0 Å². The van der Waals surface area contributed by atoms with E-state index in [4.69, 9.17) is 4.74 Å². The predicted octanol–water partition coefficient (Wildman–Crippen LogP) is 2.19. The van der Waals surface area contributed by atoms with Crippen LogP contribution in [0.25, 0.3) is 0 Å². The Bertz CT molecular complexity index is 368. The summed E-state index contributed by atoms with van der Waals surface area (Å²) in [7, 11) is 0.651. The first kappa shape index (κ1) is 14.2. The molecule has 1 N–H and O–H groups in total. The second-order valence-electron chi connectivity index (χ2n) is 3.85. The van der Waals surface area contributed by atoms with Gasteiger partial charge in [0.2, 0.25) is 0 Å². The predicted molar refractivity (Wildman–Crippen MR) is 72.0 cm³/mol. The monoisotopic (exact) mass is 255 g/mol. The lowest BCUT2D eigenvalue weighted by Gasteiger charge is -2.15. The Morgan fingerprint density at radius 3 is 2.76 bits per heavy atom. The van der Waals surface area contributed by atoms with Crippen LogP contribution in [-0.4, -0.2) is 29.7 Å². The third-order valence-corrected chi connectivity index (χ3v) is 4.13. The molecule has 0 aliphatic rings.